The number of carbonyl (C=O) groups excluding carboxylic acids is 2. The molecule has 0 radical (unpaired) electrons. The molecule has 1 unspecified atom stereocenters. The van der Waals surface area contributed by atoms with Crippen LogP contribution in [0.1, 0.15) is 35.9 Å². The number of methoxy groups -OCH3 is 1. The zero-order valence-corrected chi connectivity index (χ0v) is 15.7. The number of urea groups is 1. The molecule has 144 valence electrons. The first-order valence-corrected chi connectivity index (χ1v) is 8.67. The maximum absolute atomic E-state index is 12.2. The molecule has 2 aromatic carbocycles. The zero-order valence-electron chi connectivity index (χ0n) is 15.7. The number of aliphatic hydroxyl groups excluding tert-OH is 1. The predicted molar refractivity (Wildman–Crippen MR) is 104 cm³/mol. The third kappa shape index (κ3) is 6.31. The molecule has 2 rings (SSSR count). The van der Waals surface area contributed by atoms with Crippen molar-refractivity contribution in [3.8, 4) is 5.75 Å². The fourth-order valence-corrected chi connectivity index (χ4v) is 2.37. The Morgan fingerprint density at radius 3 is 2.22 bits per heavy atom. The monoisotopic (exact) mass is 371 g/mol. The molecule has 0 aromatic heterocycles. The van der Waals surface area contributed by atoms with Crippen LogP contribution in [0.15, 0.2) is 48.5 Å². The lowest BCUT2D eigenvalue weighted by Crippen LogP contribution is -2.34. The highest BCUT2D eigenvalue weighted by Crippen LogP contribution is 2.17. The quantitative estimate of drug-likeness (QED) is 0.601. The van der Waals surface area contributed by atoms with Crippen LogP contribution < -0.4 is 20.7 Å². The molecule has 0 aliphatic carbocycles. The van der Waals surface area contributed by atoms with Crippen molar-refractivity contribution in [2.75, 3.05) is 19.0 Å². The Balaban J connectivity index is 1.87. The van der Waals surface area contributed by atoms with Crippen LogP contribution in [0.5, 0.6) is 5.75 Å². The summed E-state index contributed by atoms with van der Waals surface area (Å²) in [5, 5.41) is 18.3. The third-order valence-electron chi connectivity index (χ3n) is 3.78. The van der Waals surface area contributed by atoms with Crippen LogP contribution in [0.2, 0.25) is 0 Å². The molecule has 0 saturated carbocycles. The van der Waals surface area contributed by atoms with E-state index >= 15 is 0 Å². The van der Waals surface area contributed by atoms with Gasteiger partial charge < -0.3 is 25.8 Å². The SMILES string of the molecule is COc1ccc(C(O)CNC(=O)c2ccc(NC(=O)NC(C)C)cc2)cc1. The van der Waals surface area contributed by atoms with E-state index in [0.29, 0.717) is 22.6 Å². The van der Waals surface area contributed by atoms with Gasteiger partial charge in [0, 0.05) is 23.8 Å². The lowest BCUT2D eigenvalue weighted by Gasteiger charge is -2.13. The van der Waals surface area contributed by atoms with Crippen LogP contribution in [-0.2, 0) is 0 Å². The van der Waals surface area contributed by atoms with E-state index in [1.807, 2.05) is 13.8 Å². The summed E-state index contributed by atoms with van der Waals surface area (Å²) >= 11 is 0. The molecular weight excluding hydrogens is 346 g/mol. The number of amides is 3. The van der Waals surface area contributed by atoms with Gasteiger partial charge in [-0.15, -0.1) is 0 Å². The van der Waals surface area contributed by atoms with E-state index in [1.54, 1.807) is 55.6 Å². The number of hydrogen-bond donors (Lipinski definition) is 4. The van der Waals surface area contributed by atoms with Gasteiger partial charge in [-0.1, -0.05) is 12.1 Å². The number of anilines is 1. The minimum atomic E-state index is -0.819. The number of rotatable bonds is 7. The Labute approximate surface area is 158 Å². The van der Waals surface area contributed by atoms with Crippen LogP contribution in [0, 0.1) is 0 Å². The lowest BCUT2D eigenvalue weighted by molar-refractivity contribution is 0.0916. The third-order valence-corrected chi connectivity index (χ3v) is 3.78. The minimum absolute atomic E-state index is 0.0344. The molecule has 0 spiro atoms. The number of aliphatic hydroxyl groups is 1. The Kier molecular flexibility index (Phi) is 7.19. The van der Waals surface area contributed by atoms with Gasteiger partial charge in [0.2, 0.25) is 0 Å². The first-order chi connectivity index (χ1) is 12.9. The highest BCUT2D eigenvalue weighted by Gasteiger charge is 2.11. The minimum Gasteiger partial charge on any atom is -0.497 e. The van der Waals surface area contributed by atoms with Crippen molar-refractivity contribution in [1.82, 2.24) is 10.6 Å². The Morgan fingerprint density at radius 1 is 1.04 bits per heavy atom. The average Bonchev–Trinajstić information content (AvgIpc) is 2.65. The van der Waals surface area contributed by atoms with Gasteiger partial charge in [0.05, 0.1) is 13.2 Å². The second kappa shape index (κ2) is 9.59. The summed E-state index contributed by atoms with van der Waals surface area (Å²) in [5.41, 5.74) is 1.71. The second-order valence-electron chi connectivity index (χ2n) is 6.33. The van der Waals surface area contributed by atoms with Crippen LogP contribution >= 0.6 is 0 Å². The summed E-state index contributed by atoms with van der Waals surface area (Å²) in [6, 6.07) is 13.3. The standard InChI is InChI=1S/C20H25N3O4/c1-13(2)22-20(26)23-16-8-4-15(5-9-16)19(25)21-12-18(24)14-6-10-17(27-3)11-7-14/h4-11,13,18,24H,12H2,1-3H3,(H,21,25)(H2,22,23,26). The molecule has 0 heterocycles. The molecular formula is C20H25N3O4. The molecule has 7 nitrogen and oxygen atoms in total. The van der Waals surface area contributed by atoms with E-state index in [1.165, 1.54) is 0 Å². The number of nitrogens with one attached hydrogen (secondary N) is 3. The van der Waals surface area contributed by atoms with Crippen molar-refractivity contribution in [3.05, 3.63) is 59.7 Å². The fraction of sp³-hybridized carbons (Fsp3) is 0.300. The summed E-state index contributed by atoms with van der Waals surface area (Å²) in [5.74, 6) is 0.395. The average molecular weight is 371 g/mol. The lowest BCUT2D eigenvalue weighted by atomic mass is 10.1. The number of hydrogen-bond acceptors (Lipinski definition) is 4. The topological polar surface area (TPSA) is 99.7 Å². The first-order valence-electron chi connectivity index (χ1n) is 8.67. The number of carbonyl (C=O) groups is 2. The molecule has 0 aliphatic rings. The van der Waals surface area contributed by atoms with E-state index in [0.717, 1.165) is 0 Å². The number of benzene rings is 2. The molecule has 0 aliphatic heterocycles. The van der Waals surface area contributed by atoms with Gasteiger partial charge in [0.15, 0.2) is 0 Å². The van der Waals surface area contributed by atoms with Gasteiger partial charge in [0.25, 0.3) is 5.91 Å². The number of ether oxygens (including phenoxy) is 1. The predicted octanol–water partition coefficient (Wildman–Crippen LogP) is 2.69. The van der Waals surface area contributed by atoms with Gasteiger partial charge in [-0.2, -0.15) is 0 Å². The van der Waals surface area contributed by atoms with Gasteiger partial charge >= 0.3 is 6.03 Å². The molecule has 4 N–H and O–H groups in total. The van der Waals surface area contributed by atoms with E-state index in [4.69, 9.17) is 4.74 Å². The highest BCUT2D eigenvalue weighted by atomic mass is 16.5. The van der Waals surface area contributed by atoms with Crippen LogP contribution in [0.4, 0.5) is 10.5 Å². The molecule has 1 atom stereocenters. The van der Waals surface area contributed by atoms with Gasteiger partial charge in [-0.3, -0.25) is 4.79 Å². The summed E-state index contributed by atoms with van der Waals surface area (Å²) in [4.78, 5) is 23.9. The zero-order chi connectivity index (χ0) is 19.8. The van der Waals surface area contributed by atoms with Gasteiger partial charge in [0.1, 0.15) is 5.75 Å². The molecule has 0 fully saturated rings. The van der Waals surface area contributed by atoms with Crippen molar-refractivity contribution < 1.29 is 19.4 Å². The fourth-order valence-electron chi connectivity index (χ4n) is 2.37. The van der Waals surface area contributed by atoms with Gasteiger partial charge in [-0.25, -0.2) is 4.79 Å². The van der Waals surface area contributed by atoms with E-state index in [9.17, 15) is 14.7 Å². The molecule has 7 heteroatoms. The van der Waals surface area contributed by atoms with Crippen LogP contribution in [0.3, 0.4) is 0 Å². The molecule has 0 bridgehead atoms. The summed E-state index contributed by atoms with van der Waals surface area (Å²) < 4.78 is 5.08. The largest absolute Gasteiger partial charge is 0.497 e. The van der Waals surface area contributed by atoms with Crippen molar-refractivity contribution in [1.29, 1.82) is 0 Å². The molecule has 3 amide bonds. The Bertz CT molecular complexity index is 758. The Morgan fingerprint density at radius 2 is 1.67 bits per heavy atom. The van der Waals surface area contributed by atoms with Crippen molar-refractivity contribution >= 4 is 17.6 Å². The van der Waals surface area contributed by atoms with E-state index < -0.39 is 6.10 Å². The normalized spacial score (nSPS) is 11.6. The first kappa shape index (κ1) is 20.3. The van der Waals surface area contributed by atoms with Gasteiger partial charge in [-0.05, 0) is 55.8 Å². The molecule has 0 saturated heterocycles. The maximum atomic E-state index is 12.2. The molecule has 2 aromatic rings. The van der Waals surface area contributed by atoms with Crippen molar-refractivity contribution in [2.24, 2.45) is 0 Å². The second-order valence-corrected chi connectivity index (χ2v) is 6.33. The summed E-state index contributed by atoms with van der Waals surface area (Å²) in [6.45, 7) is 3.82. The van der Waals surface area contributed by atoms with Crippen LogP contribution in [-0.4, -0.2) is 36.7 Å². The summed E-state index contributed by atoms with van der Waals surface area (Å²) in [7, 11) is 1.57. The smallest absolute Gasteiger partial charge is 0.319 e. The van der Waals surface area contributed by atoms with E-state index in [2.05, 4.69) is 16.0 Å². The van der Waals surface area contributed by atoms with Crippen LogP contribution in [0.25, 0.3) is 0 Å². The van der Waals surface area contributed by atoms with Crippen molar-refractivity contribution in [2.45, 2.75) is 26.0 Å². The Hall–Kier alpha value is -3.06. The molecule has 27 heavy (non-hydrogen) atoms. The summed E-state index contributed by atoms with van der Waals surface area (Å²) in [6.07, 6.45) is -0.819. The van der Waals surface area contributed by atoms with Crippen molar-refractivity contribution in [3.63, 3.8) is 0 Å². The van der Waals surface area contributed by atoms with E-state index in [-0.39, 0.29) is 24.5 Å². The highest BCUT2D eigenvalue weighted by molar-refractivity contribution is 5.95. The maximum Gasteiger partial charge on any atom is 0.319 e.